The van der Waals surface area contributed by atoms with Gasteiger partial charge in [0, 0.05) is 10.9 Å². The van der Waals surface area contributed by atoms with Gasteiger partial charge in [-0.3, -0.25) is 4.79 Å². The van der Waals surface area contributed by atoms with Gasteiger partial charge in [-0.2, -0.15) is 0 Å². The summed E-state index contributed by atoms with van der Waals surface area (Å²) in [6.45, 7) is 0. The molecule has 2 heterocycles. The average molecular weight is 404 g/mol. The zero-order valence-corrected chi connectivity index (χ0v) is 17.4. The number of hydrogen-bond acceptors (Lipinski definition) is 7. The fourth-order valence-electron chi connectivity index (χ4n) is 4.63. The van der Waals surface area contributed by atoms with E-state index in [1.807, 2.05) is 0 Å². The summed E-state index contributed by atoms with van der Waals surface area (Å²) in [5.41, 5.74) is 12.6. The second-order valence-electron chi connectivity index (χ2n) is 8.29. The van der Waals surface area contributed by atoms with Crippen molar-refractivity contribution in [2.24, 2.45) is 11.5 Å². The molecular weight excluding hydrogens is 374 g/mol. The lowest BCUT2D eigenvalue weighted by Crippen LogP contribution is -2.37. The Morgan fingerprint density at radius 2 is 2.04 bits per heavy atom. The van der Waals surface area contributed by atoms with Gasteiger partial charge >= 0.3 is 0 Å². The molecule has 2 aliphatic carbocycles. The number of hydrogen-bond donors (Lipinski definition) is 2. The summed E-state index contributed by atoms with van der Waals surface area (Å²) in [4.78, 5) is 25.0. The van der Waals surface area contributed by atoms with Crippen molar-refractivity contribution in [2.45, 2.75) is 69.1 Å². The van der Waals surface area contributed by atoms with Gasteiger partial charge in [0.25, 0.3) is 0 Å². The monoisotopic (exact) mass is 403 g/mol. The van der Waals surface area contributed by atoms with Gasteiger partial charge < -0.3 is 21.1 Å². The number of rotatable bonds is 6. The molecule has 2 atom stereocenters. The lowest BCUT2D eigenvalue weighted by Gasteiger charge is -2.32. The number of nitrogens with two attached hydrogens (primary N) is 2. The zero-order valence-electron chi connectivity index (χ0n) is 16.6. The van der Waals surface area contributed by atoms with Crippen LogP contribution in [0.2, 0.25) is 0 Å². The van der Waals surface area contributed by atoms with Crippen LogP contribution >= 0.6 is 11.3 Å². The smallest absolute Gasteiger partial charge is 0.234 e. The van der Waals surface area contributed by atoms with Gasteiger partial charge in [-0.15, -0.1) is 11.3 Å². The van der Waals surface area contributed by atoms with Gasteiger partial charge in [-0.1, -0.05) is 0 Å². The van der Waals surface area contributed by atoms with Crippen molar-refractivity contribution in [1.29, 1.82) is 0 Å². The highest BCUT2D eigenvalue weighted by molar-refractivity contribution is 7.19. The molecule has 4 N–H and O–H groups in total. The minimum absolute atomic E-state index is 0.192. The molecule has 0 aromatic carbocycles. The van der Waals surface area contributed by atoms with Crippen LogP contribution < -0.4 is 16.2 Å². The van der Waals surface area contributed by atoms with E-state index in [-0.39, 0.29) is 12.0 Å². The third-order valence-electron chi connectivity index (χ3n) is 6.25. The molecule has 152 valence electrons. The second kappa shape index (κ2) is 7.93. The number of amides is 1. The number of aryl methyl sites for hydroxylation is 1. The highest BCUT2D eigenvalue weighted by Gasteiger charge is 2.33. The Morgan fingerprint density at radius 1 is 1.29 bits per heavy atom. The average Bonchev–Trinajstić information content (AvgIpc) is 3.22. The summed E-state index contributed by atoms with van der Waals surface area (Å²) in [5, 5.41) is 1.02. The van der Waals surface area contributed by atoms with E-state index in [0.717, 1.165) is 48.7 Å². The first-order valence-corrected chi connectivity index (χ1v) is 10.9. The van der Waals surface area contributed by atoms with E-state index in [1.54, 1.807) is 17.7 Å². The van der Waals surface area contributed by atoms with E-state index >= 15 is 0 Å². The summed E-state index contributed by atoms with van der Waals surface area (Å²) in [6.07, 6.45) is 8.69. The molecule has 7 nitrogen and oxygen atoms in total. The molecule has 2 aromatic heterocycles. The van der Waals surface area contributed by atoms with Crippen molar-refractivity contribution in [3.63, 3.8) is 0 Å². The van der Waals surface area contributed by atoms with Crippen LogP contribution in [0.15, 0.2) is 6.33 Å². The fraction of sp³-hybridized carbons (Fsp3) is 0.650. The molecule has 1 saturated carbocycles. The van der Waals surface area contributed by atoms with Crippen LogP contribution in [0.4, 0.5) is 0 Å². The number of fused-ring (bicyclic) bond motifs is 3. The molecule has 0 unspecified atom stereocenters. The third kappa shape index (κ3) is 3.73. The number of primary amides is 1. The predicted octanol–water partition coefficient (Wildman–Crippen LogP) is 2.18. The van der Waals surface area contributed by atoms with Crippen molar-refractivity contribution in [1.82, 2.24) is 14.9 Å². The Hall–Kier alpha value is -1.77. The topological polar surface area (TPSA) is 107 Å². The summed E-state index contributed by atoms with van der Waals surface area (Å²) >= 11 is 1.71. The normalized spacial score (nSPS) is 25.8. The van der Waals surface area contributed by atoms with Crippen LogP contribution in [0.5, 0.6) is 5.88 Å². The molecule has 28 heavy (non-hydrogen) atoms. The molecule has 2 aromatic rings. The Labute approximate surface area is 169 Å². The number of nitrogens with zero attached hydrogens (tertiary/aromatic N) is 3. The maximum Gasteiger partial charge on any atom is 0.234 e. The van der Waals surface area contributed by atoms with Crippen molar-refractivity contribution in [2.75, 3.05) is 14.1 Å². The SMILES string of the molecule is CN(C)C1CCC(Oc2ncnc3sc4c(c23)[C@@H](C[C@H](N)C(N)=O)CC4)CC1. The van der Waals surface area contributed by atoms with Crippen molar-refractivity contribution < 1.29 is 9.53 Å². The molecule has 4 rings (SSSR count). The molecular formula is C20H29N5O2S. The van der Waals surface area contributed by atoms with Gasteiger partial charge in [0.1, 0.15) is 17.3 Å². The Bertz CT molecular complexity index is 860. The summed E-state index contributed by atoms with van der Waals surface area (Å²) in [6, 6.07) is 0.0107. The van der Waals surface area contributed by atoms with E-state index in [0.29, 0.717) is 18.3 Å². The van der Waals surface area contributed by atoms with Gasteiger partial charge in [-0.05, 0) is 70.5 Å². The van der Waals surface area contributed by atoms with Crippen molar-refractivity contribution in [3.8, 4) is 5.88 Å². The maximum absolute atomic E-state index is 11.5. The Kier molecular flexibility index (Phi) is 5.53. The number of carbonyl (C=O) groups excluding carboxylic acids is 1. The van der Waals surface area contributed by atoms with Crippen LogP contribution in [0.25, 0.3) is 10.2 Å². The Morgan fingerprint density at radius 3 is 2.71 bits per heavy atom. The zero-order chi connectivity index (χ0) is 19.8. The summed E-state index contributed by atoms with van der Waals surface area (Å²) in [5.74, 6) is 0.456. The second-order valence-corrected chi connectivity index (χ2v) is 9.37. The standard InChI is InChI=1S/C20H29N5O2S/c1-25(2)12-4-6-13(7-5-12)27-19-17-16-11(9-14(21)18(22)26)3-8-15(16)28-20(17)24-10-23-19/h10-14H,3-9,21H2,1-2H3,(H2,22,26)/t11-,12?,13?,14+/m1/s1. The summed E-state index contributed by atoms with van der Waals surface area (Å²) < 4.78 is 6.40. The van der Waals surface area contributed by atoms with Gasteiger partial charge in [-0.25, -0.2) is 9.97 Å². The van der Waals surface area contributed by atoms with Gasteiger partial charge in [0.15, 0.2) is 0 Å². The number of ether oxygens (including phenoxy) is 1. The predicted molar refractivity (Wildman–Crippen MR) is 111 cm³/mol. The van der Waals surface area contributed by atoms with Crippen LogP contribution in [0.3, 0.4) is 0 Å². The molecule has 0 aliphatic heterocycles. The van der Waals surface area contributed by atoms with Crippen LogP contribution in [0.1, 0.15) is 54.9 Å². The van der Waals surface area contributed by atoms with E-state index in [2.05, 4.69) is 29.0 Å². The molecule has 2 aliphatic rings. The minimum atomic E-state index is -0.624. The largest absolute Gasteiger partial charge is 0.474 e. The molecule has 0 bridgehead atoms. The quantitative estimate of drug-likeness (QED) is 0.765. The molecule has 0 spiro atoms. The van der Waals surface area contributed by atoms with Gasteiger partial charge in [0.05, 0.1) is 11.4 Å². The molecule has 1 fully saturated rings. The fourth-order valence-corrected chi connectivity index (χ4v) is 5.86. The van der Waals surface area contributed by atoms with E-state index in [1.165, 1.54) is 10.4 Å². The first kappa shape index (κ1) is 19.5. The highest BCUT2D eigenvalue weighted by atomic mass is 32.1. The van der Waals surface area contributed by atoms with Crippen molar-refractivity contribution in [3.05, 3.63) is 16.8 Å². The van der Waals surface area contributed by atoms with Gasteiger partial charge in [0.2, 0.25) is 11.8 Å². The molecule has 8 heteroatoms. The van der Waals surface area contributed by atoms with Crippen LogP contribution in [0, 0.1) is 0 Å². The number of carbonyl (C=O) groups is 1. The van der Waals surface area contributed by atoms with Crippen molar-refractivity contribution >= 4 is 27.5 Å². The summed E-state index contributed by atoms with van der Waals surface area (Å²) in [7, 11) is 4.29. The van der Waals surface area contributed by atoms with E-state index in [9.17, 15) is 4.79 Å². The van der Waals surface area contributed by atoms with E-state index < -0.39 is 11.9 Å². The molecule has 1 amide bonds. The highest BCUT2D eigenvalue weighted by Crippen LogP contribution is 2.47. The number of thiophene rings is 1. The van der Waals surface area contributed by atoms with E-state index in [4.69, 9.17) is 16.2 Å². The Balaban J connectivity index is 1.58. The third-order valence-corrected chi connectivity index (χ3v) is 7.42. The molecule has 0 radical (unpaired) electrons. The number of aromatic nitrogens is 2. The first-order valence-electron chi connectivity index (χ1n) is 10.1. The maximum atomic E-state index is 11.5. The minimum Gasteiger partial charge on any atom is -0.474 e. The van der Waals surface area contributed by atoms with Crippen LogP contribution in [-0.2, 0) is 11.2 Å². The lowest BCUT2D eigenvalue weighted by molar-refractivity contribution is -0.119. The lowest BCUT2D eigenvalue weighted by atomic mass is 9.92. The first-order chi connectivity index (χ1) is 13.4. The molecule has 0 saturated heterocycles. The van der Waals surface area contributed by atoms with Crippen LogP contribution in [-0.4, -0.2) is 53.1 Å².